The van der Waals surface area contributed by atoms with Gasteiger partial charge in [-0.25, -0.2) is 0 Å². The molecule has 6 heteroatoms. The zero-order chi connectivity index (χ0) is 35.6. The second-order valence-corrected chi connectivity index (χ2v) is 10.4. The van der Waals surface area contributed by atoms with Gasteiger partial charge in [0.25, 0.3) is 0 Å². The molecule has 6 nitrogen and oxygen atoms in total. The second-order valence-electron chi connectivity index (χ2n) is 10.4. The van der Waals surface area contributed by atoms with Gasteiger partial charge in [0, 0.05) is 84.6 Å². The molecule has 0 saturated carbocycles. The van der Waals surface area contributed by atoms with Gasteiger partial charge in [0.2, 0.25) is 0 Å². The molecule has 0 amide bonds. The molecule has 0 aromatic carbocycles. The summed E-state index contributed by atoms with van der Waals surface area (Å²) in [6.07, 6.45) is 28.4. The Kier molecular flexibility index (Phi) is 22.4. The van der Waals surface area contributed by atoms with Crippen molar-refractivity contribution in [1.29, 1.82) is 0 Å². The summed E-state index contributed by atoms with van der Waals surface area (Å²) in [5.74, 6) is 0. The molecule has 0 radical (unpaired) electrons. The maximum absolute atomic E-state index is 4.32. The molecule has 2 rings (SSSR count). The quantitative estimate of drug-likeness (QED) is 0.160. The molecule has 2 N–H and O–H groups in total. The molecule has 47 heavy (non-hydrogen) atoms. The number of pyridine rings is 2. The van der Waals surface area contributed by atoms with Crippen LogP contribution < -0.4 is 10.6 Å². The predicted octanol–water partition coefficient (Wildman–Crippen LogP) is 11.2. The van der Waals surface area contributed by atoms with E-state index in [4.69, 9.17) is 0 Å². The molecule has 0 saturated heterocycles. The first kappa shape index (κ1) is 41.9. The van der Waals surface area contributed by atoms with Crippen molar-refractivity contribution >= 4 is 35.5 Å². The number of hydrogen-bond acceptors (Lipinski definition) is 6. The van der Waals surface area contributed by atoms with Gasteiger partial charge in [-0.3, -0.25) is 15.0 Å². The third-order valence-electron chi connectivity index (χ3n) is 6.26. The van der Waals surface area contributed by atoms with Gasteiger partial charge < -0.3 is 15.6 Å². The standard InChI is InChI=1S/C37H45N5.C2H5N.C2H6/c1-10-13-33(42-36-18-20-39-25-34(36)30(8)11-2)17-15-29(7)23-28(6)14-16-32(12-3)41-37-19-21-40-26-35(37)31(24-38-9)22-27(4)5;1-3-2;1-2/h10-22,24-26H,3-4,23H2,1-2,5-9H3,(H,39,42)(H,40,41);1H2,2H3;1-2H3/b13-10-,28-14+,29-15+,30-11+,31-22+,32-16+,33-17+,38-24?;;. The Bertz CT molecular complexity index is 1540. The molecule has 0 aliphatic heterocycles. The van der Waals surface area contributed by atoms with Crippen LogP contribution in [0.2, 0.25) is 0 Å². The van der Waals surface area contributed by atoms with Gasteiger partial charge in [0.1, 0.15) is 0 Å². The molecule has 2 heterocycles. The topological polar surface area (TPSA) is 74.6 Å². The van der Waals surface area contributed by atoms with Crippen LogP contribution in [-0.4, -0.2) is 37.0 Å². The van der Waals surface area contributed by atoms with E-state index >= 15 is 0 Å². The molecule has 0 aliphatic carbocycles. The summed E-state index contributed by atoms with van der Waals surface area (Å²) in [5.41, 5.74) is 11.4. The summed E-state index contributed by atoms with van der Waals surface area (Å²) in [6, 6.07) is 3.95. The van der Waals surface area contributed by atoms with Crippen LogP contribution in [0, 0.1) is 0 Å². The monoisotopic (exact) mass is 632 g/mol. The fraction of sp³-hybridized carbons (Fsp3) is 0.268. The normalized spacial score (nSPS) is 13.0. The minimum Gasteiger partial charge on any atom is -0.355 e. The number of anilines is 2. The average Bonchev–Trinajstić information content (AvgIpc) is 3.06. The number of aliphatic imine (C=N–C) groups is 2. The van der Waals surface area contributed by atoms with Crippen LogP contribution in [0.25, 0.3) is 11.1 Å². The van der Waals surface area contributed by atoms with E-state index < -0.39 is 0 Å². The number of allylic oxidation sites excluding steroid dienone is 14. The van der Waals surface area contributed by atoms with E-state index in [0.717, 1.165) is 51.5 Å². The lowest BCUT2D eigenvalue weighted by atomic mass is 10.0. The van der Waals surface area contributed by atoms with Crippen molar-refractivity contribution in [2.45, 2.75) is 61.8 Å². The summed E-state index contributed by atoms with van der Waals surface area (Å²) in [7, 11) is 3.39. The molecular formula is C41H56N6. The Hall–Kier alpha value is -5.10. The highest BCUT2D eigenvalue weighted by atomic mass is 14.9. The minimum absolute atomic E-state index is 0.845. The van der Waals surface area contributed by atoms with Crippen LogP contribution >= 0.6 is 0 Å². The maximum atomic E-state index is 4.32. The van der Waals surface area contributed by atoms with Crippen molar-refractivity contribution < 1.29 is 0 Å². The Morgan fingerprint density at radius 1 is 0.830 bits per heavy atom. The highest BCUT2D eigenvalue weighted by molar-refractivity contribution is 6.12. The molecular weight excluding hydrogens is 576 g/mol. The number of nitrogens with zero attached hydrogens (tertiary/aromatic N) is 4. The number of aromatic nitrogens is 2. The van der Waals surface area contributed by atoms with Gasteiger partial charge in [0.15, 0.2) is 0 Å². The first-order valence-corrected chi connectivity index (χ1v) is 15.8. The highest BCUT2D eigenvalue weighted by Crippen LogP contribution is 2.26. The van der Waals surface area contributed by atoms with Crippen LogP contribution in [0.3, 0.4) is 0 Å². The molecule has 0 unspecified atom stereocenters. The summed E-state index contributed by atoms with van der Waals surface area (Å²) in [4.78, 5) is 16.1. The fourth-order valence-electron chi connectivity index (χ4n) is 4.11. The average molecular weight is 633 g/mol. The maximum Gasteiger partial charge on any atom is 0.0495 e. The van der Waals surface area contributed by atoms with Gasteiger partial charge in [-0.2, -0.15) is 0 Å². The second kappa shape index (κ2) is 25.1. The highest BCUT2D eigenvalue weighted by Gasteiger charge is 2.08. The lowest BCUT2D eigenvalue weighted by Crippen LogP contribution is -2.01. The van der Waals surface area contributed by atoms with Crippen LogP contribution in [-0.2, 0) is 0 Å². The minimum atomic E-state index is 0.845. The summed E-state index contributed by atoms with van der Waals surface area (Å²) < 4.78 is 0. The van der Waals surface area contributed by atoms with Gasteiger partial charge in [-0.15, -0.1) is 0 Å². The van der Waals surface area contributed by atoms with E-state index in [0.29, 0.717) is 0 Å². The molecule has 0 spiro atoms. The first-order chi connectivity index (χ1) is 22.6. The number of nitrogens with one attached hydrogen (secondary N) is 2. The zero-order valence-corrected chi connectivity index (χ0v) is 30.4. The van der Waals surface area contributed by atoms with Crippen LogP contribution in [0.4, 0.5) is 11.4 Å². The molecule has 0 atom stereocenters. The van der Waals surface area contributed by atoms with Crippen LogP contribution in [0.1, 0.15) is 72.9 Å². The van der Waals surface area contributed by atoms with Gasteiger partial charge in [-0.05, 0) is 96.7 Å². The molecule has 0 aliphatic rings. The smallest absolute Gasteiger partial charge is 0.0495 e. The van der Waals surface area contributed by atoms with E-state index in [1.807, 2.05) is 95.9 Å². The third-order valence-corrected chi connectivity index (χ3v) is 6.26. The van der Waals surface area contributed by atoms with Crippen molar-refractivity contribution in [3.63, 3.8) is 0 Å². The Morgan fingerprint density at radius 2 is 1.34 bits per heavy atom. The van der Waals surface area contributed by atoms with Crippen molar-refractivity contribution in [2.75, 3.05) is 24.7 Å². The van der Waals surface area contributed by atoms with E-state index in [2.05, 4.69) is 102 Å². The molecule has 0 fully saturated rings. The fourth-order valence-corrected chi connectivity index (χ4v) is 4.11. The first-order valence-electron chi connectivity index (χ1n) is 15.8. The summed E-state index contributed by atoms with van der Waals surface area (Å²) >= 11 is 0. The lowest BCUT2D eigenvalue weighted by molar-refractivity contribution is 1.11. The van der Waals surface area contributed by atoms with E-state index in [1.165, 1.54) is 16.7 Å². The predicted molar refractivity (Wildman–Crippen MR) is 212 cm³/mol. The lowest BCUT2D eigenvalue weighted by Gasteiger charge is -2.13. The van der Waals surface area contributed by atoms with Gasteiger partial charge in [-0.1, -0.05) is 74.1 Å². The number of rotatable bonds is 14. The molecule has 250 valence electrons. The Morgan fingerprint density at radius 3 is 1.83 bits per heavy atom. The Balaban J connectivity index is 0.00000399. The van der Waals surface area contributed by atoms with E-state index in [9.17, 15) is 0 Å². The Labute approximate surface area is 285 Å². The van der Waals surface area contributed by atoms with Crippen molar-refractivity contribution in [2.24, 2.45) is 9.98 Å². The molecule has 2 aromatic rings. The van der Waals surface area contributed by atoms with Crippen molar-refractivity contribution in [3.8, 4) is 0 Å². The summed E-state index contributed by atoms with van der Waals surface area (Å²) in [5, 5.41) is 7.05. The third kappa shape index (κ3) is 16.7. The number of hydrogen-bond donors (Lipinski definition) is 2. The van der Waals surface area contributed by atoms with Crippen LogP contribution in [0.15, 0.2) is 143 Å². The van der Waals surface area contributed by atoms with Crippen LogP contribution in [0.5, 0.6) is 0 Å². The van der Waals surface area contributed by atoms with Crippen molar-refractivity contribution in [3.05, 3.63) is 144 Å². The molecule has 2 aromatic heterocycles. The van der Waals surface area contributed by atoms with E-state index in [1.54, 1.807) is 20.3 Å². The SMILES string of the molecule is C=C/C(=C\C=C(/C)C/C(C)=C/C=C(\C=C/C)Nc1ccncc1/C(C)=C/C)Nc1ccncc1/C(C=NC)=C/C(=C)C.C=NC.CC. The van der Waals surface area contributed by atoms with Crippen molar-refractivity contribution in [1.82, 2.24) is 9.97 Å². The largest absolute Gasteiger partial charge is 0.355 e. The summed E-state index contributed by atoms with van der Waals surface area (Å²) in [6.45, 7) is 27.5. The van der Waals surface area contributed by atoms with Gasteiger partial charge in [0.05, 0.1) is 0 Å². The van der Waals surface area contributed by atoms with Gasteiger partial charge >= 0.3 is 0 Å². The zero-order valence-electron chi connectivity index (χ0n) is 30.4. The molecule has 0 bridgehead atoms. The van der Waals surface area contributed by atoms with E-state index in [-0.39, 0.29) is 0 Å².